The minimum absolute atomic E-state index is 0.314. The lowest BCUT2D eigenvalue weighted by atomic mass is 9.96. The van der Waals surface area contributed by atoms with Crippen molar-refractivity contribution in [3.63, 3.8) is 0 Å². The van der Waals surface area contributed by atoms with Gasteiger partial charge in [-0.05, 0) is 12.1 Å². The van der Waals surface area contributed by atoms with Crippen molar-refractivity contribution in [1.82, 2.24) is 5.32 Å². The van der Waals surface area contributed by atoms with Crippen molar-refractivity contribution in [3.8, 4) is 0 Å². The highest BCUT2D eigenvalue weighted by Gasteiger charge is 2.49. The number of esters is 2. The molecule has 0 aliphatic carbocycles. The Kier molecular flexibility index (Phi) is 6.67. The maximum atomic E-state index is 12.4. The third kappa shape index (κ3) is 4.78. The second-order valence-corrected chi connectivity index (χ2v) is 5.76. The molecule has 1 fully saturated rings. The molecule has 0 radical (unpaired) electrons. The maximum Gasteiger partial charge on any atom is 0.303 e. The average Bonchev–Trinajstić information content (AvgIpc) is 2.60. The summed E-state index contributed by atoms with van der Waals surface area (Å²) < 4.78 is 15.5. The summed E-state index contributed by atoms with van der Waals surface area (Å²) in [5.41, 5.74) is 0.314. The van der Waals surface area contributed by atoms with Gasteiger partial charge in [-0.1, -0.05) is 18.2 Å². The third-order valence-electron chi connectivity index (χ3n) is 3.78. The molecule has 0 spiro atoms. The number of aliphatic hydroxyl groups is 2. The van der Waals surface area contributed by atoms with Crippen LogP contribution in [0.1, 0.15) is 24.2 Å². The normalized spacial score (nSPS) is 28.1. The van der Waals surface area contributed by atoms with Gasteiger partial charge in [0, 0.05) is 19.4 Å². The van der Waals surface area contributed by atoms with Crippen LogP contribution in [0.3, 0.4) is 0 Å². The van der Waals surface area contributed by atoms with Crippen molar-refractivity contribution in [2.24, 2.45) is 0 Å². The first-order chi connectivity index (χ1) is 12.3. The van der Waals surface area contributed by atoms with Crippen LogP contribution >= 0.6 is 0 Å². The molecule has 1 aliphatic rings. The molecule has 3 unspecified atom stereocenters. The van der Waals surface area contributed by atoms with E-state index in [9.17, 15) is 24.6 Å². The van der Waals surface area contributed by atoms with Crippen LogP contribution in [0, 0.1) is 0 Å². The van der Waals surface area contributed by atoms with E-state index in [0.717, 1.165) is 13.8 Å². The molecule has 0 aromatic heterocycles. The molecule has 1 heterocycles. The van der Waals surface area contributed by atoms with Crippen LogP contribution in [0.4, 0.5) is 0 Å². The molecule has 0 bridgehead atoms. The van der Waals surface area contributed by atoms with Crippen LogP contribution in [0.5, 0.6) is 0 Å². The summed E-state index contributed by atoms with van der Waals surface area (Å²) in [6.07, 6.45) is -5.16. The monoisotopic (exact) mass is 367 g/mol. The van der Waals surface area contributed by atoms with Crippen LogP contribution in [-0.4, -0.2) is 65.3 Å². The van der Waals surface area contributed by atoms with E-state index in [1.165, 1.54) is 0 Å². The topological polar surface area (TPSA) is 131 Å². The quantitative estimate of drug-likeness (QED) is 0.586. The molecule has 1 aliphatic heterocycles. The summed E-state index contributed by atoms with van der Waals surface area (Å²) in [4.78, 5) is 35.3. The Morgan fingerprint density at radius 1 is 1.08 bits per heavy atom. The van der Waals surface area contributed by atoms with Gasteiger partial charge in [0.05, 0.1) is 6.61 Å². The zero-order valence-electron chi connectivity index (χ0n) is 14.3. The fourth-order valence-corrected chi connectivity index (χ4v) is 2.71. The van der Waals surface area contributed by atoms with Crippen LogP contribution in [-0.2, 0) is 23.8 Å². The van der Waals surface area contributed by atoms with Gasteiger partial charge in [-0.15, -0.1) is 0 Å². The van der Waals surface area contributed by atoms with E-state index in [-0.39, 0.29) is 0 Å². The van der Waals surface area contributed by atoms with Gasteiger partial charge in [0.2, 0.25) is 0 Å². The van der Waals surface area contributed by atoms with Crippen molar-refractivity contribution in [2.75, 3.05) is 6.61 Å². The van der Waals surface area contributed by atoms with Crippen molar-refractivity contribution >= 4 is 17.8 Å². The smallest absolute Gasteiger partial charge is 0.303 e. The second-order valence-electron chi connectivity index (χ2n) is 5.76. The first-order valence-electron chi connectivity index (χ1n) is 7.98. The van der Waals surface area contributed by atoms with Crippen LogP contribution in [0.15, 0.2) is 30.3 Å². The van der Waals surface area contributed by atoms with Crippen molar-refractivity contribution in [2.45, 2.75) is 44.5 Å². The first kappa shape index (κ1) is 19.8. The molecule has 142 valence electrons. The number of amides is 1. The Morgan fingerprint density at radius 2 is 1.65 bits per heavy atom. The van der Waals surface area contributed by atoms with E-state index in [1.54, 1.807) is 30.3 Å². The molecule has 2 rings (SSSR count). The van der Waals surface area contributed by atoms with Crippen molar-refractivity contribution in [3.05, 3.63) is 35.9 Å². The highest BCUT2D eigenvalue weighted by Crippen LogP contribution is 2.25. The van der Waals surface area contributed by atoms with Crippen LogP contribution in [0.2, 0.25) is 0 Å². The number of ether oxygens (including phenoxy) is 3. The standard InChI is InChI=1S/C17H21NO8/c1-9(20)24-14-12(8-19)26-17(23)13(15(14)25-10(2)21)18-16(22)11-6-4-3-5-7-11/h3-7,12-15,17,19,23H,8H2,1-2H3,(H,18,22)/t12?,13?,14-,15?,17-/m1/s1. The largest absolute Gasteiger partial charge is 0.456 e. The lowest BCUT2D eigenvalue weighted by Gasteiger charge is -2.43. The van der Waals surface area contributed by atoms with Gasteiger partial charge >= 0.3 is 11.9 Å². The van der Waals surface area contributed by atoms with E-state index >= 15 is 0 Å². The molecular weight excluding hydrogens is 346 g/mol. The minimum atomic E-state index is -1.59. The predicted molar refractivity (Wildman–Crippen MR) is 86.8 cm³/mol. The predicted octanol–water partition coefficient (Wildman–Crippen LogP) is -0.642. The lowest BCUT2D eigenvalue weighted by molar-refractivity contribution is -0.262. The molecule has 9 nitrogen and oxygen atoms in total. The minimum Gasteiger partial charge on any atom is -0.456 e. The molecule has 26 heavy (non-hydrogen) atoms. The molecule has 1 saturated heterocycles. The number of nitrogens with one attached hydrogen (secondary N) is 1. The summed E-state index contributed by atoms with van der Waals surface area (Å²) in [6, 6.07) is 6.97. The molecule has 1 aromatic rings. The molecular formula is C17H21NO8. The Labute approximate surface area is 149 Å². The Balaban J connectivity index is 2.28. The highest BCUT2D eigenvalue weighted by molar-refractivity contribution is 5.94. The number of rotatable bonds is 5. The zero-order chi connectivity index (χ0) is 19.3. The Morgan fingerprint density at radius 3 is 2.19 bits per heavy atom. The fourth-order valence-electron chi connectivity index (χ4n) is 2.71. The lowest BCUT2D eigenvalue weighted by Crippen LogP contribution is -2.66. The molecule has 1 amide bonds. The summed E-state index contributed by atoms with van der Waals surface area (Å²) in [5, 5.41) is 22.2. The van der Waals surface area contributed by atoms with Gasteiger partial charge < -0.3 is 29.7 Å². The van der Waals surface area contributed by atoms with E-state index < -0.39 is 55.1 Å². The second kappa shape index (κ2) is 8.75. The van der Waals surface area contributed by atoms with Crippen LogP contribution < -0.4 is 5.32 Å². The zero-order valence-corrected chi connectivity index (χ0v) is 14.3. The van der Waals surface area contributed by atoms with Crippen molar-refractivity contribution in [1.29, 1.82) is 0 Å². The molecule has 3 N–H and O–H groups in total. The third-order valence-corrected chi connectivity index (χ3v) is 3.78. The molecule has 5 atom stereocenters. The number of carbonyl (C=O) groups excluding carboxylic acids is 3. The summed E-state index contributed by atoms with van der Waals surface area (Å²) in [5.74, 6) is -1.95. The van der Waals surface area contributed by atoms with Gasteiger partial charge in [-0.25, -0.2) is 0 Å². The number of carbonyl (C=O) groups is 3. The van der Waals surface area contributed by atoms with Gasteiger partial charge in [0.25, 0.3) is 5.91 Å². The first-order valence-corrected chi connectivity index (χ1v) is 7.98. The number of benzene rings is 1. The number of hydrogen-bond donors (Lipinski definition) is 3. The Bertz CT molecular complexity index is 649. The van der Waals surface area contributed by atoms with E-state index in [2.05, 4.69) is 5.32 Å². The Hall–Kier alpha value is -2.49. The molecule has 0 saturated carbocycles. The van der Waals surface area contributed by atoms with Gasteiger partial charge in [0.15, 0.2) is 18.5 Å². The average molecular weight is 367 g/mol. The maximum absolute atomic E-state index is 12.4. The van der Waals surface area contributed by atoms with Crippen LogP contribution in [0.25, 0.3) is 0 Å². The van der Waals surface area contributed by atoms with Crippen molar-refractivity contribution < 1.29 is 38.8 Å². The van der Waals surface area contributed by atoms with E-state index in [1.807, 2.05) is 0 Å². The van der Waals surface area contributed by atoms with Gasteiger partial charge in [-0.3, -0.25) is 14.4 Å². The van der Waals surface area contributed by atoms with Gasteiger partial charge in [-0.2, -0.15) is 0 Å². The van der Waals surface area contributed by atoms with E-state index in [0.29, 0.717) is 5.56 Å². The molecule has 1 aromatic carbocycles. The highest BCUT2D eigenvalue weighted by atomic mass is 16.7. The number of hydrogen-bond acceptors (Lipinski definition) is 8. The van der Waals surface area contributed by atoms with E-state index in [4.69, 9.17) is 14.2 Å². The molecule has 9 heteroatoms. The van der Waals surface area contributed by atoms with Gasteiger partial charge in [0.1, 0.15) is 12.1 Å². The SMILES string of the molecule is CC(=O)OC1C(NC(=O)c2ccccc2)[C@H](O)OC(CO)[C@H]1OC(C)=O. The summed E-state index contributed by atoms with van der Waals surface area (Å²) >= 11 is 0. The summed E-state index contributed by atoms with van der Waals surface area (Å²) in [7, 11) is 0. The number of aliphatic hydroxyl groups excluding tert-OH is 2. The summed E-state index contributed by atoms with van der Waals surface area (Å²) in [6.45, 7) is 1.69. The fraction of sp³-hybridized carbons (Fsp3) is 0.471.